The lowest BCUT2D eigenvalue weighted by Crippen LogP contribution is -2.16. The van der Waals surface area contributed by atoms with Crippen LogP contribution in [-0.2, 0) is 0 Å². The number of rotatable bonds is 4. The molecule has 0 aliphatic heterocycles. The van der Waals surface area contributed by atoms with Gasteiger partial charge in [0.25, 0.3) is 0 Å². The van der Waals surface area contributed by atoms with E-state index in [0.717, 1.165) is 12.3 Å². The summed E-state index contributed by atoms with van der Waals surface area (Å²) >= 11 is 3.53. The molecule has 14 heavy (non-hydrogen) atoms. The van der Waals surface area contributed by atoms with Crippen LogP contribution in [0.4, 0.5) is 0 Å². The minimum atomic E-state index is 0.705. The molecule has 1 aromatic carbocycles. The molecule has 78 valence electrons. The molecular formula is C11H16BrNO. The maximum Gasteiger partial charge on any atom is 0.119 e. The molecule has 0 aliphatic rings. The highest BCUT2D eigenvalue weighted by atomic mass is 79.9. The van der Waals surface area contributed by atoms with E-state index in [2.05, 4.69) is 35.1 Å². The highest BCUT2D eigenvalue weighted by Gasteiger charge is 2.02. The monoisotopic (exact) mass is 257 g/mol. The molecule has 2 nitrogen and oxygen atoms in total. The topological polar surface area (TPSA) is 21.3 Å². The van der Waals surface area contributed by atoms with Crippen molar-refractivity contribution in [2.24, 2.45) is 0 Å². The number of benzene rings is 1. The minimum Gasteiger partial charge on any atom is -0.492 e. The number of nitrogens with one attached hydrogen (secondary N) is 1. The third kappa shape index (κ3) is 3.00. The van der Waals surface area contributed by atoms with Crippen molar-refractivity contribution in [3.63, 3.8) is 0 Å². The zero-order chi connectivity index (χ0) is 10.6. The van der Waals surface area contributed by atoms with Gasteiger partial charge in [-0.25, -0.2) is 0 Å². The predicted molar refractivity (Wildman–Crippen MR) is 63.0 cm³/mol. The Bertz CT molecular complexity index is 289. The van der Waals surface area contributed by atoms with Crippen molar-refractivity contribution >= 4 is 15.9 Å². The second-order valence-corrected chi connectivity index (χ2v) is 4.12. The van der Waals surface area contributed by atoms with E-state index in [0.29, 0.717) is 6.61 Å². The number of hydrogen-bond donors (Lipinski definition) is 1. The van der Waals surface area contributed by atoms with Crippen LogP contribution in [0.15, 0.2) is 16.6 Å². The number of hydrogen-bond acceptors (Lipinski definition) is 2. The molecule has 1 aromatic rings. The van der Waals surface area contributed by atoms with Gasteiger partial charge in [-0.2, -0.15) is 0 Å². The first kappa shape index (κ1) is 11.5. The molecule has 0 aromatic heterocycles. The second kappa shape index (κ2) is 5.37. The van der Waals surface area contributed by atoms with Gasteiger partial charge in [-0.1, -0.05) is 15.9 Å². The molecule has 0 bridgehead atoms. The highest BCUT2D eigenvalue weighted by Crippen LogP contribution is 2.26. The summed E-state index contributed by atoms with van der Waals surface area (Å²) in [5.41, 5.74) is 2.42. The lowest BCUT2D eigenvalue weighted by Gasteiger charge is -2.09. The van der Waals surface area contributed by atoms with Crippen molar-refractivity contribution in [1.82, 2.24) is 5.32 Å². The normalized spacial score (nSPS) is 10.3. The Morgan fingerprint density at radius 1 is 1.29 bits per heavy atom. The van der Waals surface area contributed by atoms with Crippen LogP contribution in [0.2, 0.25) is 0 Å². The molecule has 3 heteroatoms. The molecule has 0 fully saturated rings. The Hall–Kier alpha value is -0.540. The van der Waals surface area contributed by atoms with Crippen LogP contribution >= 0.6 is 15.9 Å². The van der Waals surface area contributed by atoms with E-state index in [-0.39, 0.29) is 0 Å². The third-order valence-corrected chi connectivity index (χ3v) is 3.28. The summed E-state index contributed by atoms with van der Waals surface area (Å²) in [6.45, 7) is 5.72. The molecule has 0 unspecified atom stereocenters. The van der Waals surface area contributed by atoms with Gasteiger partial charge < -0.3 is 10.1 Å². The number of halogens is 1. The molecule has 0 atom stereocenters. The van der Waals surface area contributed by atoms with Crippen molar-refractivity contribution in [2.75, 3.05) is 20.2 Å². The van der Waals surface area contributed by atoms with Crippen molar-refractivity contribution in [1.29, 1.82) is 0 Å². The summed E-state index contributed by atoms with van der Waals surface area (Å²) in [4.78, 5) is 0. The molecule has 0 aliphatic carbocycles. The third-order valence-electron chi connectivity index (χ3n) is 2.03. The van der Waals surface area contributed by atoms with E-state index in [1.54, 1.807) is 0 Å². The fourth-order valence-corrected chi connectivity index (χ4v) is 1.49. The predicted octanol–water partition coefficient (Wildman–Crippen LogP) is 2.66. The first-order valence-corrected chi connectivity index (χ1v) is 5.48. The van der Waals surface area contributed by atoms with Crippen LogP contribution in [0.1, 0.15) is 11.1 Å². The summed E-state index contributed by atoms with van der Waals surface area (Å²) < 4.78 is 6.74. The first-order valence-electron chi connectivity index (χ1n) is 4.69. The minimum absolute atomic E-state index is 0.705. The van der Waals surface area contributed by atoms with E-state index in [4.69, 9.17) is 4.74 Å². The van der Waals surface area contributed by atoms with E-state index in [1.807, 2.05) is 19.2 Å². The van der Waals surface area contributed by atoms with Gasteiger partial charge in [0.15, 0.2) is 0 Å². The lowest BCUT2D eigenvalue weighted by atomic mass is 10.1. The average Bonchev–Trinajstić information content (AvgIpc) is 2.14. The standard InChI is InChI=1S/C11H16BrNO/c1-8-6-10(14-5-4-13-3)7-9(2)11(8)12/h6-7,13H,4-5H2,1-3H3. The highest BCUT2D eigenvalue weighted by molar-refractivity contribution is 9.10. The molecule has 0 saturated heterocycles. The van der Waals surface area contributed by atoms with Crippen LogP contribution in [0.3, 0.4) is 0 Å². The molecule has 0 amide bonds. The van der Waals surface area contributed by atoms with Gasteiger partial charge in [-0.3, -0.25) is 0 Å². The second-order valence-electron chi connectivity index (χ2n) is 3.32. The summed E-state index contributed by atoms with van der Waals surface area (Å²) in [6, 6.07) is 4.10. The Balaban J connectivity index is 2.69. The molecule has 0 saturated carbocycles. The molecule has 0 spiro atoms. The Labute approximate surface area is 93.8 Å². The van der Waals surface area contributed by atoms with Crippen molar-refractivity contribution in [3.8, 4) is 5.75 Å². The van der Waals surface area contributed by atoms with Crippen LogP contribution in [0, 0.1) is 13.8 Å². The first-order chi connectivity index (χ1) is 6.65. The maximum atomic E-state index is 5.58. The van der Waals surface area contributed by atoms with Gasteiger partial charge >= 0.3 is 0 Å². The van der Waals surface area contributed by atoms with E-state index >= 15 is 0 Å². The van der Waals surface area contributed by atoms with Gasteiger partial charge in [-0.05, 0) is 44.2 Å². The van der Waals surface area contributed by atoms with Crippen LogP contribution in [0.5, 0.6) is 5.75 Å². The lowest BCUT2D eigenvalue weighted by molar-refractivity contribution is 0.318. The smallest absolute Gasteiger partial charge is 0.119 e. The summed E-state index contributed by atoms with van der Waals surface area (Å²) in [6.07, 6.45) is 0. The molecular weight excluding hydrogens is 242 g/mol. The Morgan fingerprint density at radius 3 is 2.36 bits per heavy atom. The largest absolute Gasteiger partial charge is 0.492 e. The fourth-order valence-electron chi connectivity index (χ4n) is 1.26. The SMILES string of the molecule is CNCCOc1cc(C)c(Br)c(C)c1. The molecule has 1 rings (SSSR count). The quantitative estimate of drug-likeness (QED) is 0.838. The molecule has 1 N–H and O–H groups in total. The molecule has 0 radical (unpaired) electrons. The Morgan fingerprint density at radius 2 is 1.86 bits per heavy atom. The number of aryl methyl sites for hydroxylation is 2. The zero-order valence-corrected chi connectivity index (χ0v) is 10.4. The summed E-state index contributed by atoms with van der Waals surface area (Å²) in [5.74, 6) is 0.943. The maximum absolute atomic E-state index is 5.58. The van der Waals surface area contributed by atoms with Crippen LogP contribution in [-0.4, -0.2) is 20.2 Å². The number of likely N-dealkylation sites (N-methyl/N-ethyl adjacent to an activating group) is 1. The van der Waals surface area contributed by atoms with E-state index in [9.17, 15) is 0 Å². The average molecular weight is 258 g/mol. The zero-order valence-electron chi connectivity index (χ0n) is 8.86. The van der Waals surface area contributed by atoms with Crippen molar-refractivity contribution < 1.29 is 4.74 Å². The van der Waals surface area contributed by atoms with Crippen LogP contribution < -0.4 is 10.1 Å². The van der Waals surface area contributed by atoms with E-state index < -0.39 is 0 Å². The van der Waals surface area contributed by atoms with Gasteiger partial charge in [0.2, 0.25) is 0 Å². The van der Waals surface area contributed by atoms with Gasteiger partial charge in [0.05, 0.1) is 0 Å². The summed E-state index contributed by atoms with van der Waals surface area (Å²) in [7, 11) is 1.92. The van der Waals surface area contributed by atoms with Crippen LogP contribution in [0.25, 0.3) is 0 Å². The van der Waals surface area contributed by atoms with Gasteiger partial charge in [-0.15, -0.1) is 0 Å². The van der Waals surface area contributed by atoms with E-state index in [1.165, 1.54) is 15.6 Å². The van der Waals surface area contributed by atoms with Crippen molar-refractivity contribution in [2.45, 2.75) is 13.8 Å². The molecule has 0 heterocycles. The van der Waals surface area contributed by atoms with Crippen molar-refractivity contribution in [3.05, 3.63) is 27.7 Å². The van der Waals surface area contributed by atoms with Gasteiger partial charge in [0, 0.05) is 11.0 Å². The number of ether oxygens (including phenoxy) is 1. The van der Waals surface area contributed by atoms with Gasteiger partial charge in [0.1, 0.15) is 12.4 Å². The summed E-state index contributed by atoms with van der Waals surface area (Å²) in [5, 5.41) is 3.04. The Kier molecular flexibility index (Phi) is 4.42. The fraction of sp³-hybridized carbons (Fsp3) is 0.455.